The number of halogens is 3. The van der Waals surface area contributed by atoms with Crippen LogP contribution < -0.4 is 14.8 Å². The minimum atomic E-state index is -4.59. The number of hydrogen-bond donors (Lipinski definition) is 1. The summed E-state index contributed by atoms with van der Waals surface area (Å²) in [4.78, 5) is 14.8. The van der Waals surface area contributed by atoms with E-state index in [4.69, 9.17) is 9.47 Å². The van der Waals surface area contributed by atoms with Gasteiger partial charge in [0.15, 0.2) is 11.5 Å². The van der Waals surface area contributed by atoms with E-state index in [2.05, 4.69) is 26.1 Å². The molecule has 0 fully saturated rings. The third-order valence-electron chi connectivity index (χ3n) is 6.07. The fourth-order valence-electron chi connectivity index (χ4n) is 3.92. The SMILES string of the molecule is COc1ccc(CCN(Cc2ccc(C(C)(C)C)cc2)C(=O)Nc2ccccc2C(F)(F)F)cc1OC. The maximum absolute atomic E-state index is 13.5. The maximum Gasteiger partial charge on any atom is 0.418 e. The Morgan fingerprint density at radius 1 is 0.865 bits per heavy atom. The van der Waals surface area contributed by atoms with Gasteiger partial charge in [-0.05, 0) is 52.8 Å². The lowest BCUT2D eigenvalue weighted by atomic mass is 9.87. The highest BCUT2D eigenvalue weighted by atomic mass is 19.4. The van der Waals surface area contributed by atoms with E-state index in [0.29, 0.717) is 17.9 Å². The minimum Gasteiger partial charge on any atom is -0.493 e. The molecule has 3 aromatic carbocycles. The molecule has 2 amide bonds. The summed E-state index contributed by atoms with van der Waals surface area (Å²) in [7, 11) is 3.09. The largest absolute Gasteiger partial charge is 0.493 e. The van der Waals surface area contributed by atoms with Crippen LogP contribution in [-0.4, -0.2) is 31.7 Å². The van der Waals surface area contributed by atoms with Crippen molar-refractivity contribution in [3.05, 3.63) is 89.0 Å². The van der Waals surface area contributed by atoms with Crippen molar-refractivity contribution >= 4 is 11.7 Å². The number of hydrogen-bond acceptors (Lipinski definition) is 3. The van der Waals surface area contributed by atoms with Crippen LogP contribution in [0.15, 0.2) is 66.7 Å². The van der Waals surface area contributed by atoms with Gasteiger partial charge in [-0.1, -0.05) is 63.2 Å². The van der Waals surface area contributed by atoms with E-state index < -0.39 is 17.8 Å². The Bertz CT molecular complexity index is 1200. The molecule has 0 spiro atoms. The summed E-state index contributed by atoms with van der Waals surface area (Å²) in [5, 5.41) is 2.47. The molecule has 8 heteroatoms. The summed E-state index contributed by atoms with van der Waals surface area (Å²) in [6, 6.07) is 17.7. The van der Waals surface area contributed by atoms with Gasteiger partial charge < -0.3 is 19.7 Å². The summed E-state index contributed by atoms with van der Waals surface area (Å²) < 4.78 is 51.1. The average molecular weight is 515 g/mol. The van der Waals surface area contributed by atoms with Crippen molar-refractivity contribution in [1.29, 1.82) is 0 Å². The predicted octanol–water partition coefficient (Wildman–Crippen LogP) is 7.30. The Morgan fingerprint density at radius 2 is 1.49 bits per heavy atom. The van der Waals surface area contributed by atoms with Gasteiger partial charge in [-0.2, -0.15) is 13.2 Å². The highest BCUT2D eigenvalue weighted by Crippen LogP contribution is 2.35. The van der Waals surface area contributed by atoms with Crippen LogP contribution in [0.4, 0.5) is 23.7 Å². The normalized spacial score (nSPS) is 11.7. The maximum atomic E-state index is 13.5. The lowest BCUT2D eigenvalue weighted by Crippen LogP contribution is -2.36. The molecule has 0 bridgehead atoms. The van der Waals surface area contributed by atoms with Crippen LogP contribution in [0.3, 0.4) is 0 Å². The van der Waals surface area contributed by atoms with Crippen LogP contribution in [0.1, 0.15) is 43.0 Å². The van der Waals surface area contributed by atoms with Crippen molar-refractivity contribution in [1.82, 2.24) is 4.90 Å². The number of para-hydroxylation sites is 1. The van der Waals surface area contributed by atoms with E-state index in [9.17, 15) is 18.0 Å². The first-order valence-corrected chi connectivity index (χ1v) is 11.9. The second-order valence-corrected chi connectivity index (χ2v) is 9.78. The van der Waals surface area contributed by atoms with Crippen LogP contribution in [0.5, 0.6) is 11.5 Å². The third-order valence-corrected chi connectivity index (χ3v) is 6.07. The number of alkyl halides is 3. The number of carbonyl (C=O) groups is 1. The van der Waals surface area contributed by atoms with Gasteiger partial charge >= 0.3 is 12.2 Å². The summed E-state index contributed by atoms with van der Waals surface area (Å²) in [5.74, 6) is 1.15. The van der Waals surface area contributed by atoms with Gasteiger partial charge in [0.25, 0.3) is 0 Å². The van der Waals surface area contributed by atoms with Gasteiger partial charge in [0, 0.05) is 13.1 Å². The van der Waals surface area contributed by atoms with Crippen LogP contribution in [0.25, 0.3) is 0 Å². The zero-order valence-electron chi connectivity index (χ0n) is 21.8. The highest BCUT2D eigenvalue weighted by molar-refractivity contribution is 5.90. The predicted molar refractivity (Wildman–Crippen MR) is 139 cm³/mol. The second-order valence-electron chi connectivity index (χ2n) is 9.78. The lowest BCUT2D eigenvalue weighted by Gasteiger charge is -2.25. The number of amides is 2. The van der Waals surface area contributed by atoms with Gasteiger partial charge in [0.1, 0.15) is 0 Å². The number of nitrogens with one attached hydrogen (secondary N) is 1. The molecule has 0 radical (unpaired) electrons. The molecule has 37 heavy (non-hydrogen) atoms. The smallest absolute Gasteiger partial charge is 0.418 e. The van der Waals surface area contributed by atoms with Crippen LogP contribution >= 0.6 is 0 Å². The first-order valence-electron chi connectivity index (χ1n) is 11.9. The van der Waals surface area contributed by atoms with E-state index in [1.807, 2.05) is 36.4 Å². The molecule has 0 unspecified atom stereocenters. The standard InChI is InChI=1S/C29H33F3N2O3/c1-28(2,3)22-13-10-21(11-14-22)19-34(17-16-20-12-15-25(36-4)26(18-20)37-5)27(35)33-24-9-7-6-8-23(24)29(30,31)32/h6-15,18H,16-17,19H2,1-5H3,(H,33,35). The van der Waals surface area contributed by atoms with E-state index in [1.54, 1.807) is 20.3 Å². The number of methoxy groups -OCH3 is 2. The number of carbonyl (C=O) groups excluding carboxylic acids is 1. The number of benzene rings is 3. The fourth-order valence-corrected chi connectivity index (χ4v) is 3.92. The van der Waals surface area contributed by atoms with Crippen molar-refractivity contribution in [3.63, 3.8) is 0 Å². The fraction of sp³-hybridized carbons (Fsp3) is 0.345. The van der Waals surface area contributed by atoms with E-state index in [0.717, 1.165) is 22.8 Å². The molecule has 5 nitrogen and oxygen atoms in total. The zero-order chi connectivity index (χ0) is 27.2. The highest BCUT2D eigenvalue weighted by Gasteiger charge is 2.34. The molecule has 1 N–H and O–H groups in total. The van der Waals surface area contributed by atoms with Crippen LogP contribution in [-0.2, 0) is 24.6 Å². The van der Waals surface area contributed by atoms with Gasteiger partial charge in [-0.3, -0.25) is 0 Å². The molecule has 0 aromatic heterocycles. The molecule has 0 aliphatic carbocycles. The molecule has 198 valence electrons. The Morgan fingerprint density at radius 3 is 2.08 bits per heavy atom. The van der Waals surface area contributed by atoms with E-state index in [-0.39, 0.29) is 24.2 Å². The summed E-state index contributed by atoms with van der Waals surface area (Å²) in [5.41, 5.74) is 1.73. The Hall–Kier alpha value is -3.68. The quantitative estimate of drug-likeness (QED) is 0.343. The number of rotatable bonds is 8. The molecular formula is C29H33F3N2O3. The summed E-state index contributed by atoms with van der Waals surface area (Å²) in [6.45, 7) is 6.85. The van der Waals surface area contributed by atoms with E-state index in [1.165, 1.54) is 23.1 Å². The van der Waals surface area contributed by atoms with E-state index >= 15 is 0 Å². The molecular weight excluding hydrogens is 481 g/mol. The molecule has 3 rings (SSSR count). The van der Waals surface area contributed by atoms with Crippen molar-refractivity contribution in [3.8, 4) is 11.5 Å². The molecule has 0 heterocycles. The Kier molecular flexibility index (Phi) is 8.73. The summed E-state index contributed by atoms with van der Waals surface area (Å²) >= 11 is 0. The van der Waals surface area contributed by atoms with Crippen molar-refractivity contribution in [2.75, 3.05) is 26.1 Å². The first kappa shape index (κ1) is 27.9. The van der Waals surface area contributed by atoms with Crippen molar-refractivity contribution in [2.45, 2.75) is 45.3 Å². The molecule has 0 aliphatic heterocycles. The molecule has 3 aromatic rings. The minimum absolute atomic E-state index is 0.0235. The third kappa shape index (κ3) is 7.41. The zero-order valence-corrected chi connectivity index (χ0v) is 21.8. The van der Waals surface area contributed by atoms with Crippen molar-refractivity contribution in [2.24, 2.45) is 0 Å². The number of ether oxygens (including phenoxy) is 2. The Labute approximate surface area is 216 Å². The van der Waals surface area contributed by atoms with Gasteiger partial charge in [-0.25, -0.2) is 4.79 Å². The molecule has 0 aliphatic rings. The number of anilines is 1. The number of nitrogens with zero attached hydrogens (tertiary/aromatic N) is 1. The molecule has 0 saturated heterocycles. The first-order chi connectivity index (χ1) is 17.4. The average Bonchev–Trinajstić information content (AvgIpc) is 2.85. The van der Waals surface area contributed by atoms with Gasteiger partial charge in [-0.15, -0.1) is 0 Å². The van der Waals surface area contributed by atoms with Gasteiger partial charge in [0.05, 0.1) is 25.5 Å². The topological polar surface area (TPSA) is 50.8 Å². The summed E-state index contributed by atoms with van der Waals surface area (Å²) in [6.07, 6.45) is -4.12. The van der Waals surface area contributed by atoms with Crippen molar-refractivity contribution < 1.29 is 27.4 Å². The van der Waals surface area contributed by atoms with Crippen LogP contribution in [0, 0.1) is 0 Å². The van der Waals surface area contributed by atoms with Gasteiger partial charge in [0.2, 0.25) is 0 Å². The Balaban J connectivity index is 1.85. The second kappa shape index (κ2) is 11.6. The molecule has 0 saturated carbocycles. The van der Waals surface area contributed by atoms with Crippen LogP contribution in [0.2, 0.25) is 0 Å². The lowest BCUT2D eigenvalue weighted by molar-refractivity contribution is -0.136. The monoisotopic (exact) mass is 514 g/mol. The molecule has 0 atom stereocenters. The number of urea groups is 1.